The molecule has 1 aromatic heterocycles. The summed E-state index contributed by atoms with van der Waals surface area (Å²) in [6.07, 6.45) is 3.64. The Hall–Kier alpha value is -2.54. The number of anilines is 3. The quantitative estimate of drug-likeness (QED) is 0.578. The maximum Gasteiger partial charge on any atom is 0.229 e. The summed E-state index contributed by atoms with van der Waals surface area (Å²) in [5.74, 6) is 3.12. The van der Waals surface area contributed by atoms with Crippen molar-refractivity contribution in [2.24, 2.45) is 0 Å². The number of aromatic nitrogens is 2. The van der Waals surface area contributed by atoms with Crippen molar-refractivity contribution in [2.75, 3.05) is 51.0 Å². The Kier molecular flexibility index (Phi) is 7.52. The number of likely N-dealkylation sites (tertiary alicyclic amines) is 1. The van der Waals surface area contributed by atoms with Crippen molar-refractivity contribution < 1.29 is 9.47 Å². The number of ether oxygens (including phenoxy) is 2. The SMILES string of the molecule is CNc1cc(C(C)C)nc(Nc2ccc(OC)c(OCCCN3CCCC3)c2)n1. The van der Waals surface area contributed by atoms with Gasteiger partial charge in [-0.2, -0.15) is 4.98 Å². The normalized spacial score (nSPS) is 14.2. The average Bonchev–Trinajstić information content (AvgIpc) is 3.24. The van der Waals surface area contributed by atoms with Crippen LogP contribution >= 0.6 is 0 Å². The molecule has 0 bridgehead atoms. The van der Waals surface area contributed by atoms with Gasteiger partial charge in [0, 0.05) is 31.4 Å². The summed E-state index contributed by atoms with van der Waals surface area (Å²) in [6, 6.07) is 7.77. The van der Waals surface area contributed by atoms with Gasteiger partial charge in [0.25, 0.3) is 0 Å². The number of nitrogens with one attached hydrogen (secondary N) is 2. The van der Waals surface area contributed by atoms with Crippen LogP contribution in [0.15, 0.2) is 24.3 Å². The second kappa shape index (κ2) is 10.3. The molecule has 2 aromatic rings. The third-order valence-corrected chi connectivity index (χ3v) is 5.09. The molecule has 0 spiro atoms. The van der Waals surface area contributed by atoms with E-state index in [4.69, 9.17) is 9.47 Å². The molecule has 2 N–H and O–H groups in total. The lowest BCUT2D eigenvalue weighted by Crippen LogP contribution is -2.21. The van der Waals surface area contributed by atoms with E-state index in [1.54, 1.807) is 7.11 Å². The van der Waals surface area contributed by atoms with E-state index in [1.165, 1.54) is 25.9 Å². The third-order valence-electron chi connectivity index (χ3n) is 5.09. The minimum absolute atomic E-state index is 0.316. The lowest BCUT2D eigenvalue weighted by atomic mass is 10.1. The first-order valence-electron chi connectivity index (χ1n) is 10.5. The topological polar surface area (TPSA) is 71.5 Å². The van der Waals surface area contributed by atoms with Gasteiger partial charge >= 0.3 is 0 Å². The molecule has 29 heavy (non-hydrogen) atoms. The zero-order valence-electron chi connectivity index (χ0n) is 18.0. The van der Waals surface area contributed by atoms with Crippen molar-refractivity contribution in [3.63, 3.8) is 0 Å². The molecule has 7 heteroatoms. The Morgan fingerprint density at radius 2 is 1.90 bits per heavy atom. The van der Waals surface area contributed by atoms with E-state index >= 15 is 0 Å². The predicted molar refractivity (Wildman–Crippen MR) is 118 cm³/mol. The molecule has 0 radical (unpaired) electrons. The van der Waals surface area contributed by atoms with Crippen LogP contribution in [0.25, 0.3) is 0 Å². The van der Waals surface area contributed by atoms with E-state index in [9.17, 15) is 0 Å². The van der Waals surface area contributed by atoms with Crippen LogP contribution in [0.1, 0.15) is 44.7 Å². The van der Waals surface area contributed by atoms with E-state index in [-0.39, 0.29) is 0 Å². The van der Waals surface area contributed by atoms with Crippen LogP contribution in [0.2, 0.25) is 0 Å². The van der Waals surface area contributed by atoms with Crippen molar-refractivity contribution >= 4 is 17.5 Å². The Morgan fingerprint density at radius 3 is 2.59 bits per heavy atom. The summed E-state index contributed by atoms with van der Waals surface area (Å²) in [5, 5.41) is 6.39. The van der Waals surface area contributed by atoms with Crippen LogP contribution in [-0.4, -0.2) is 55.3 Å². The number of hydrogen-bond acceptors (Lipinski definition) is 7. The number of benzene rings is 1. The summed E-state index contributed by atoms with van der Waals surface area (Å²) < 4.78 is 11.5. The molecule has 0 saturated carbocycles. The Balaban J connectivity index is 1.66. The standard InChI is InChI=1S/C22H33N5O2/c1-16(2)18-15-21(23-3)26-22(25-18)24-17-8-9-19(28-4)20(14-17)29-13-7-12-27-10-5-6-11-27/h8-9,14-16H,5-7,10-13H2,1-4H3,(H2,23,24,25,26). The lowest BCUT2D eigenvalue weighted by Gasteiger charge is -2.16. The number of rotatable bonds is 10. The number of hydrogen-bond donors (Lipinski definition) is 2. The zero-order valence-corrected chi connectivity index (χ0v) is 18.0. The Morgan fingerprint density at radius 1 is 1.10 bits per heavy atom. The van der Waals surface area contributed by atoms with Gasteiger partial charge < -0.3 is 25.0 Å². The molecule has 0 aliphatic carbocycles. The largest absolute Gasteiger partial charge is 0.493 e. The summed E-state index contributed by atoms with van der Waals surface area (Å²) in [6.45, 7) is 8.42. The molecule has 0 amide bonds. The highest BCUT2D eigenvalue weighted by molar-refractivity contribution is 5.60. The molecule has 1 aromatic carbocycles. The summed E-state index contributed by atoms with van der Waals surface area (Å²) in [5.41, 5.74) is 1.85. The molecule has 0 atom stereocenters. The van der Waals surface area contributed by atoms with Gasteiger partial charge in [0.05, 0.1) is 19.4 Å². The van der Waals surface area contributed by atoms with E-state index in [2.05, 4.69) is 39.3 Å². The summed E-state index contributed by atoms with van der Waals surface area (Å²) in [7, 11) is 3.52. The van der Waals surface area contributed by atoms with E-state index < -0.39 is 0 Å². The molecule has 7 nitrogen and oxygen atoms in total. The van der Waals surface area contributed by atoms with Gasteiger partial charge in [0.2, 0.25) is 5.95 Å². The Labute approximate surface area is 173 Å². The highest BCUT2D eigenvalue weighted by Crippen LogP contribution is 2.31. The molecule has 1 aliphatic rings. The van der Waals surface area contributed by atoms with Crippen molar-refractivity contribution in [3.8, 4) is 11.5 Å². The summed E-state index contributed by atoms with van der Waals surface area (Å²) >= 11 is 0. The monoisotopic (exact) mass is 399 g/mol. The van der Waals surface area contributed by atoms with Gasteiger partial charge in [-0.1, -0.05) is 13.8 Å². The molecule has 1 fully saturated rings. The molecule has 1 aliphatic heterocycles. The van der Waals surface area contributed by atoms with Crippen LogP contribution in [0.5, 0.6) is 11.5 Å². The molecule has 2 heterocycles. The van der Waals surface area contributed by atoms with Crippen molar-refractivity contribution in [1.82, 2.24) is 14.9 Å². The van der Waals surface area contributed by atoms with E-state index in [0.29, 0.717) is 18.5 Å². The van der Waals surface area contributed by atoms with Crippen LogP contribution in [0.3, 0.4) is 0 Å². The van der Waals surface area contributed by atoms with Gasteiger partial charge in [-0.25, -0.2) is 4.98 Å². The smallest absolute Gasteiger partial charge is 0.229 e. The number of nitrogens with zero attached hydrogens (tertiary/aromatic N) is 3. The first-order valence-corrected chi connectivity index (χ1v) is 10.5. The second-order valence-electron chi connectivity index (χ2n) is 7.65. The van der Waals surface area contributed by atoms with Gasteiger partial charge in [-0.3, -0.25) is 0 Å². The van der Waals surface area contributed by atoms with E-state index in [1.807, 2.05) is 31.3 Å². The fraction of sp³-hybridized carbons (Fsp3) is 0.545. The minimum Gasteiger partial charge on any atom is -0.493 e. The fourth-order valence-electron chi connectivity index (χ4n) is 3.42. The average molecular weight is 400 g/mol. The number of methoxy groups -OCH3 is 1. The zero-order chi connectivity index (χ0) is 20.6. The van der Waals surface area contributed by atoms with Crippen molar-refractivity contribution in [3.05, 3.63) is 30.0 Å². The maximum atomic E-state index is 6.03. The highest BCUT2D eigenvalue weighted by atomic mass is 16.5. The molecule has 3 rings (SSSR count). The lowest BCUT2D eigenvalue weighted by molar-refractivity contribution is 0.254. The predicted octanol–water partition coefficient (Wildman–Crippen LogP) is 4.26. The minimum atomic E-state index is 0.316. The van der Waals surface area contributed by atoms with Crippen LogP contribution in [0, 0.1) is 0 Å². The van der Waals surface area contributed by atoms with Crippen LogP contribution in [-0.2, 0) is 0 Å². The first kappa shape index (κ1) is 21.2. The molecule has 0 unspecified atom stereocenters. The molecular formula is C22H33N5O2. The van der Waals surface area contributed by atoms with Gasteiger partial charge in [-0.15, -0.1) is 0 Å². The van der Waals surface area contributed by atoms with Crippen molar-refractivity contribution in [2.45, 2.75) is 39.0 Å². The van der Waals surface area contributed by atoms with Crippen LogP contribution < -0.4 is 20.1 Å². The fourth-order valence-corrected chi connectivity index (χ4v) is 3.42. The Bertz CT molecular complexity index is 791. The van der Waals surface area contributed by atoms with E-state index in [0.717, 1.165) is 41.7 Å². The van der Waals surface area contributed by atoms with Gasteiger partial charge in [0.15, 0.2) is 11.5 Å². The molecule has 158 valence electrons. The highest BCUT2D eigenvalue weighted by Gasteiger charge is 2.12. The van der Waals surface area contributed by atoms with Gasteiger partial charge in [-0.05, 0) is 50.4 Å². The maximum absolute atomic E-state index is 6.03. The third kappa shape index (κ3) is 5.97. The molecular weight excluding hydrogens is 366 g/mol. The summed E-state index contributed by atoms with van der Waals surface area (Å²) in [4.78, 5) is 11.6. The molecule has 1 saturated heterocycles. The van der Waals surface area contributed by atoms with Gasteiger partial charge in [0.1, 0.15) is 5.82 Å². The second-order valence-corrected chi connectivity index (χ2v) is 7.65. The van der Waals surface area contributed by atoms with Crippen LogP contribution in [0.4, 0.5) is 17.5 Å². The first-order chi connectivity index (χ1) is 14.1. The van der Waals surface area contributed by atoms with Crippen molar-refractivity contribution in [1.29, 1.82) is 0 Å².